The minimum Gasteiger partial charge on any atom is -0.468 e. The van der Waals surface area contributed by atoms with Gasteiger partial charge in [-0.25, -0.2) is 4.79 Å². The first-order chi connectivity index (χ1) is 18.8. The van der Waals surface area contributed by atoms with Crippen LogP contribution in [0.4, 0.5) is 4.79 Å². The second-order valence-corrected chi connectivity index (χ2v) is 11.1. The zero-order chi connectivity index (χ0) is 30.3. The third kappa shape index (κ3) is 13.3. The van der Waals surface area contributed by atoms with Crippen LogP contribution in [0.2, 0.25) is 0 Å². The van der Waals surface area contributed by atoms with E-state index in [1.54, 1.807) is 6.07 Å². The van der Waals surface area contributed by atoms with Gasteiger partial charge in [-0.05, 0) is 48.3 Å². The molecule has 10 nitrogen and oxygen atoms in total. The van der Waals surface area contributed by atoms with Crippen molar-refractivity contribution >= 4 is 24.1 Å². The van der Waals surface area contributed by atoms with Crippen molar-refractivity contribution < 1.29 is 42.9 Å². The van der Waals surface area contributed by atoms with E-state index in [0.717, 1.165) is 6.42 Å². The van der Waals surface area contributed by atoms with Gasteiger partial charge in [0.2, 0.25) is 0 Å². The van der Waals surface area contributed by atoms with Crippen molar-refractivity contribution in [1.82, 2.24) is 0 Å². The first kappa shape index (κ1) is 34.9. The van der Waals surface area contributed by atoms with Crippen LogP contribution in [-0.4, -0.2) is 49.9 Å². The largest absolute Gasteiger partial charge is 0.508 e. The zero-order valence-corrected chi connectivity index (χ0v) is 25.1. The quantitative estimate of drug-likeness (QED) is 0.193. The van der Waals surface area contributed by atoms with Gasteiger partial charge in [0, 0.05) is 25.7 Å². The smallest absolute Gasteiger partial charge is 0.468 e. The second-order valence-electron chi connectivity index (χ2n) is 11.1. The monoisotopic (exact) mass is 565 g/mol. The van der Waals surface area contributed by atoms with E-state index < -0.39 is 29.6 Å². The molecule has 1 rings (SSSR count). The van der Waals surface area contributed by atoms with Crippen LogP contribution in [0.15, 0.2) is 18.2 Å². The maximum absolute atomic E-state index is 12.6. The molecule has 40 heavy (non-hydrogen) atoms. The lowest BCUT2D eigenvalue weighted by Gasteiger charge is -2.26. The van der Waals surface area contributed by atoms with Crippen molar-refractivity contribution in [3.63, 3.8) is 0 Å². The van der Waals surface area contributed by atoms with Gasteiger partial charge < -0.3 is 29.4 Å². The van der Waals surface area contributed by atoms with Gasteiger partial charge in [-0.1, -0.05) is 54.0 Å². The highest BCUT2D eigenvalue weighted by Gasteiger charge is 2.36. The predicted molar refractivity (Wildman–Crippen MR) is 150 cm³/mol. The summed E-state index contributed by atoms with van der Waals surface area (Å²) in [5.74, 6) is -0.636. The fraction of sp³-hybridized carbons (Fsp3) is 0.667. The molecule has 0 amide bonds. The van der Waals surface area contributed by atoms with E-state index >= 15 is 0 Å². The van der Waals surface area contributed by atoms with Gasteiger partial charge in [0.25, 0.3) is 0 Å². The van der Waals surface area contributed by atoms with Crippen LogP contribution in [0.25, 0.3) is 0 Å². The molecule has 0 heterocycles. The van der Waals surface area contributed by atoms with Crippen molar-refractivity contribution in [3.05, 3.63) is 23.8 Å². The van der Waals surface area contributed by atoms with Crippen molar-refractivity contribution in [1.29, 1.82) is 0 Å². The van der Waals surface area contributed by atoms with E-state index in [1.807, 2.05) is 41.5 Å². The molecule has 1 aromatic rings. The molecule has 10 heteroatoms. The summed E-state index contributed by atoms with van der Waals surface area (Å²) in [5, 5.41) is 0. The summed E-state index contributed by atoms with van der Waals surface area (Å²) in [6, 6.07) is 4.65. The fourth-order valence-electron chi connectivity index (χ4n) is 3.50. The van der Waals surface area contributed by atoms with Gasteiger partial charge >= 0.3 is 24.1 Å². The van der Waals surface area contributed by atoms with E-state index in [9.17, 15) is 19.2 Å². The highest BCUT2D eigenvalue weighted by molar-refractivity contribution is 5.81. The summed E-state index contributed by atoms with van der Waals surface area (Å²) < 4.78 is 26.2. The Bertz CT molecular complexity index is 976. The Morgan fingerprint density at radius 2 is 1.45 bits per heavy atom. The topological polar surface area (TPSA) is 140 Å². The molecule has 2 atom stereocenters. The molecule has 0 fully saturated rings. The Morgan fingerprint density at radius 3 is 1.98 bits per heavy atom. The van der Waals surface area contributed by atoms with Gasteiger partial charge in [-0.15, -0.1) is 0 Å². The van der Waals surface area contributed by atoms with Gasteiger partial charge in [0.15, 0.2) is 11.5 Å². The molecular weight excluding hydrogens is 518 g/mol. The van der Waals surface area contributed by atoms with E-state index in [0.29, 0.717) is 30.2 Å². The average Bonchev–Trinajstić information content (AvgIpc) is 2.90. The minimum atomic E-state index is -1.56. The maximum atomic E-state index is 12.6. The highest BCUT2D eigenvalue weighted by Crippen LogP contribution is 2.31. The number of carbonyl (C=O) groups is 4. The normalized spacial score (nSPS) is 13.3. The molecule has 1 aromatic carbocycles. The number of carbonyl (C=O) groups excluding carboxylic acids is 4. The third-order valence-electron chi connectivity index (χ3n) is 6.37. The van der Waals surface area contributed by atoms with Crippen LogP contribution in [0, 0.1) is 17.8 Å². The van der Waals surface area contributed by atoms with E-state index in [2.05, 4.69) is 0 Å². The second kappa shape index (κ2) is 17.5. The molecule has 0 spiro atoms. The van der Waals surface area contributed by atoms with Crippen LogP contribution >= 0.6 is 0 Å². The molecule has 0 saturated carbocycles. The molecule has 2 N–H and O–H groups in total. The summed E-state index contributed by atoms with van der Waals surface area (Å²) in [5.41, 5.74) is 5.41. The molecule has 0 aliphatic carbocycles. The summed E-state index contributed by atoms with van der Waals surface area (Å²) in [4.78, 5) is 49.5. The molecule has 0 bridgehead atoms. The molecule has 1 unspecified atom stereocenters. The van der Waals surface area contributed by atoms with Crippen LogP contribution in [0.3, 0.4) is 0 Å². The Morgan fingerprint density at radius 1 is 0.875 bits per heavy atom. The minimum absolute atomic E-state index is 0.0247. The molecule has 226 valence electrons. The number of benzene rings is 1. The van der Waals surface area contributed by atoms with Crippen molar-refractivity contribution in [2.75, 3.05) is 20.3 Å². The third-order valence-corrected chi connectivity index (χ3v) is 6.37. The Balaban J connectivity index is 3.08. The molecular formula is C30H47NO9. The lowest BCUT2D eigenvalue weighted by atomic mass is 9.88. The Hall–Kier alpha value is -3.14. The maximum Gasteiger partial charge on any atom is 0.508 e. The van der Waals surface area contributed by atoms with Crippen molar-refractivity contribution in [3.8, 4) is 11.5 Å². The van der Waals surface area contributed by atoms with Gasteiger partial charge in [-0.2, -0.15) is 0 Å². The number of nitrogens with two attached hydrogens (primary N) is 1. The van der Waals surface area contributed by atoms with E-state index in [1.165, 1.54) is 19.2 Å². The molecule has 0 aliphatic heterocycles. The number of methoxy groups -OCH3 is 1. The van der Waals surface area contributed by atoms with Gasteiger partial charge in [0.1, 0.15) is 5.54 Å². The molecule has 0 radical (unpaired) electrons. The number of esters is 3. The summed E-state index contributed by atoms with van der Waals surface area (Å²) in [6.45, 7) is 12.0. The van der Waals surface area contributed by atoms with Crippen LogP contribution in [0.5, 0.6) is 11.5 Å². The van der Waals surface area contributed by atoms with Crippen LogP contribution in [0.1, 0.15) is 85.6 Å². The van der Waals surface area contributed by atoms with Gasteiger partial charge in [0.05, 0.1) is 20.3 Å². The van der Waals surface area contributed by atoms with Crippen LogP contribution in [-0.2, 0) is 35.0 Å². The fourth-order valence-corrected chi connectivity index (χ4v) is 3.50. The summed E-state index contributed by atoms with van der Waals surface area (Å²) >= 11 is 0. The number of rotatable bonds is 17. The first-order valence-corrected chi connectivity index (χ1v) is 14.0. The lowest BCUT2D eigenvalue weighted by molar-refractivity contribution is -0.147. The Kier molecular flexibility index (Phi) is 15.3. The average molecular weight is 566 g/mol. The first-order valence-electron chi connectivity index (χ1n) is 14.0. The lowest BCUT2D eigenvalue weighted by Crippen LogP contribution is -2.51. The van der Waals surface area contributed by atoms with E-state index in [4.69, 9.17) is 29.4 Å². The summed E-state index contributed by atoms with van der Waals surface area (Å²) in [7, 11) is 1.22. The number of hydrogen-bond acceptors (Lipinski definition) is 10. The number of hydrogen-bond donors (Lipinski definition) is 1. The number of ether oxygens (including phenoxy) is 5. The van der Waals surface area contributed by atoms with Crippen LogP contribution < -0.4 is 15.2 Å². The molecule has 0 aromatic heterocycles. The molecule has 0 saturated heterocycles. The van der Waals surface area contributed by atoms with Crippen molar-refractivity contribution in [2.24, 2.45) is 23.5 Å². The van der Waals surface area contributed by atoms with Gasteiger partial charge in [-0.3, -0.25) is 14.4 Å². The predicted octanol–water partition coefficient (Wildman–Crippen LogP) is 5.37. The standard InChI is InChI=1S/C30H47NO9/c1-8-22(6)19-38-29(35)37-16-15-30(31,28(34)36-7)18-23-11-12-24(39-26(32)13-9-20(2)3)25(17-23)40-27(33)14-10-21(4)5/h11-12,17,20-22H,8-10,13-16,18-19,31H2,1-7H3/t22-,30?/m0/s1. The van der Waals surface area contributed by atoms with Crippen molar-refractivity contribution in [2.45, 2.75) is 92.0 Å². The zero-order valence-electron chi connectivity index (χ0n) is 25.1. The molecule has 0 aliphatic rings. The highest BCUT2D eigenvalue weighted by atomic mass is 16.7. The van der Waals surface area contributed by atoms with E-state index in [-0.39, 0.29) is 56.3 Å². The SMILES string of the molecule is CC[C@H](C)COC(=O)OCCC(N)(Cc1ccc(OC(=O)CCC(C)C)c(OC(=O)CCC(C)C)c1)C(=O)OC. The summed E-state index contributed by atoms with van der Waals surface area (Å²) in [6.07, 6.45) is 1.64. The Labute approximate surface area is 238 Å².